The first-order chi connectivity index (χ1) is 8.57. The molecule has 2 heterocycles. The normalized spacial score (nSPS) is 10.6. The van der Waals surface area contributed by atoms with Gasteiger partial charge in [-0.05, 0) is 19.1 Å². The van der Waals surface area contributed by atoms with E-state index < -0.39 is 17.3 Å². The van der Waals surface area contributed by atoms with Crippen molar-refractivity contribution in [3.8, 4) is 5.75 Å². The smallest absolute Gasteiger partial charge is 0.347 e. The number of aromatic nitrogens is 2. The molecule has 1 N–H and O–H groups in total. The molecule has 0 saturated carbocycles. The van der Waals surface area contributed by atoms with Gasteiger partial charge in [0.05, 0.1) is 12.1 Å². The summed E-state index contributed by atoms with van der Waals surface area (Å²) in [7, 11) is 1.51. The Morgan fingerprint density at radius 3 is 2.94 bits per heavy atom. The van der Waals surface area contributed by atoms with Crippen LogP contribution in [0.25, 0.3) is 11.0 Å². The quantitative estimate of drug-likeness (QED) is 0.795. The number of aromatic hydroxyl groups is 1. The zero-order valence-electron chi connectivity index (χ0n) is 10.0. The summed E-state index contributed by atoms with van der Waals surface area (Å²) in [6, 6.07) is 3.28. The van der Waals surface area contributed by atoms with Gasteiger partial charge in [-0.1, -0.05) is 0 Å². The predicted molar refractivity (Wildman–Crippen MR) is 64.6 cm³/mol. The maximum absolute atomic E-state index is 12.0. The van der Waals surface area contributed by atoms with Crippen LogP contribution in [0.3, 0.4) is 0 Å². The van der Waals surface area contributed by atoms with E-state index in [1.807, 2.05) is 0 Å². The van der Waals surface area contributed by atoms with Crippen LogP contribution >= 0.6 is 0 Å². The fourth-order valence-corrected chi connectivity index (χ4v) is 1.73. The first-order valence-corrected chi connectivity index (χ1v) is 5.41. The summed E-state index contributed by atoms with van der Waals surface area (Å²) in [6.07, 6.45) is 1.47. The predicted octanol–water partition coefficient (Wildman–Crippen LogP) is 0.816. The van der Waals surface area contributed by atoms with Gasteiger partial charge in [-0.15, -0.1) is 0 Å². The van der Waals surface area contributed by atoms with Crippen molar-refractivity contribution in [3.63, 3.8) is 0 Å². The number of fused-ring (bicyclic) bond motifs is 1. The molecule has 0 aromatic carbocycles. The van der Waals surface area contributed by atoms with Crippen molar-refractivity contribution < 1.29 is 14.6 Å². The molecular weight excluding hydrogens is 236 g/mol. The van der Waals surface area contributed by atoms with E-state index in [1.165, 1.54) is 17.8 Å². The number of nitrogens with zero attached hydrogens (tertiary/aromatic N) is 2. The summed E-state index contributed by atoms with van der Waals surface area (Å²) in [6.45, 7) is 1.75. The molecule has 0 aliphatic rings. The van der Waals surface area contributed by atoms with Gasteiger partial charge in [0.2, 0.25) is 0 Å². The average molecular weight is 248 g/mol. The highest BCUT2D eigenvalue weighted by molar-refractivity contribution is 5.98. The first kappa shape index (κ1) is 12.1. The van der Waals surface area contributed by atoms with Gasteiger partial charge >= 0.3 is 5.97 Å². The van der Waals surface area contributed by atoms with Crippen molar-refractivity contribution in [2.75, 3.05) is 6.61 Å². The second-order valence-electron chi connectivity index (χ2n) is 3.68. The highest BCUT2D eigenvalue weighted by atomic mass is 16.5. The largest absolute Gasteiger partial charge is 0.505 e. The van der Waals surface area contributed by atoms with E-state index in [9.17, 15) is 14.7 Å². The number of pyridine rings is 2. The van der Waals surface area contributed by atoms with E-state index in [0.29, 0.717) is 5.52 Å². The van der Waals surface area contributed by atoms with E-state index in [4.69, 9.17) is 4.74 Å². The van der Waals surface area contributed by atoms with Crippen LogP contribution in [-0.2, 0) is 11.8 Å². The maximum atomic E-state index is 12.0. The van der Waals surface area contributed by atoms with Gasteiger partial charge in [-0.3, -0.25) is 9.78 Å². The van der Waals surface area contributed by atoms with Crippen LogP contribution in [-0.4, -0.2) is 27.2 Å². The Morgan fingerprint density at radius 2 is 2.28 bits per heavy atom. The van der Waals surface area contributed by atoms with E-state index in [2.05, 4.69) is 4.98 Å². The number of hydrogen-bond acceptors (Lipinski definition) is 5. The van der Waals surface area contributed by atoms with Crippen LogP contribution < -0.4 is 5.56 Å². The molecule has 0 radical (unpaired) electrons. The Balaban J connectivity index is 2.83. The summed E-state index contributed by atoms with van der Waals surface area (Å²) >= 11 is 0. The second-order valence-corrected chi connectivity index (χ2v) is 3.68. The van der Waals surface area contributed by atoms with Gasteiger partial charge in [0.1, 0.15) is 5.52 Å². The number of carbonyl (C=O) groups is 1. The maximum Gasteiger partial charge on any atom is 0.347 e. The van der Waals surface area contributed by atoms with Gasteiger partial charge in [-0.2, -0.15) is 0 Å². The fourth-order valence-electron chi connectivity index (χ4n) is 1.73. The van der Waals surface area contributed by atoms with Crippen LogP contribution in [0.5, 0.6) is 5.75 Å². The molecule has 0 saturated heterocycles. The summed E-state index contributed by atoms with van der Waals surface area (Å²) in [5.41, 5.74) is -0.340. The van der Waals surface area contributed by atoms with Crippen LogP contribution in [0.2, 0.25) is 0 Å². The lowest BCUT2D eigenvalue weighted by molar-refractivity contribution is 0.0520. The van der Waals surface area contributed by atoms with Crippen molar-refractivity contribution in [1.82, 2.24) is 9.55 Å². The molecule has 0 unspecified atom stereocenters. The minimum absolute atomic E-state index is 0.127. The zero-order chi connectivity index (χ0) is 13.3. The Labute approximate surface area is 102 Å². The molecule has 0 atom stereocenters. The second kappa shape index (κ2) is 4.48. The minimum Gasteiger partial charge on any atom is -0.505 e. The molecule has 18 heavy (non-hydrogen) atoms. The molecular formula is C12H12N2O4. The van der Waals surface area contributed by atoms with Crippen molar-refractivity contribution in [3.05, 3.63) is 34.2 Å². The molecule has 6 heteroatoms. The third-order valence-corrected chi connectivity index (χ3v) is 2.61. The van der Waals surface area contributed by atoms with Crippen LogP contribution in [0, 0.1) is 0 Å². The van der Waals surface area contributed by atoms with Crippen molar-refractivity contribution >= 4 is 17.0 Å². The molecule has 2 aromatic rings. The highest BCUT2D eigenvalue weighted by Gasteiger charge is 2.22. The Kier molecular flexibility index (Phi) is 3.01. The monoisotopic (exact) mass is 248 g/mol. The molecule has 0 fully saturated rings. The molecule has 94 valence electrons. The summed E-state index contributed by atoms with van der Waals surface area (Å²) < 4.78 is 6.01. The van der Waals surface area contributed by atoms with E-state index in [0.717, 1.165) is 0 Å². The van der Waals surface area contributed by atoms with Crippen LogP contribution in [0.15, 0.2) is 23.1 Å². The van der Waals surface area contributed by atoms with Crippen LogP contribution in [0.4, 0.5) is 0 Å². The van der Waals surface area contributed by atoms with Gasteiger partial charge in [0.15, 0.2) is 11.3 Å². The third-order valence-electron chi connectivity index (χ3n) is 2.61. The Morgan fingerprint density at radius 1 is 1.56 bits per heavy atom. The molecule has 0 aliphatic carbocycles. The fraction of sp³-hybridized carbons (Fsp3) is 0.250. The number of ether oxygens (including phenoxy) is 1. The molecule has 2 aromatic heterocycles. The summed E-state index contributed by atoms with van der Waals surface area (Å²) in [5, 5.41) is 9.98. The SMILES string of the molecule is CCOC(=O)c1c(O)c2ncccc2n(C)c1=O. The lowest BCUT2D eigenvalue weighted by Gasteiger charge is -2.09. The minimum atomic E-state index is -0.844. The number of rotatable bonds is 2. The van der Waals surface area contributed by atoms with Gasteiger partial charge in [0, 0.05) is 13.2 Å². The molecule has 0 bridgehead atoms. The third kappa shape index (κ3) is 1.71. The van der Waals surface area contributed by atoms with E-state index in [-0.39, 0.29) is 17.7 Å². The lowest BCUT2D eigenvalue weighted by Crippen LogP contribution is -2.26. The topological polar surface area (TPSA) is 81.4 Å². The van der Waals surface area contributed by atoms with Crippen molar-refractivity contribution in [2.24, 2.45) is 7.05 Å². The number of carbonyl (C=O) groups excluding carboxylic acids is 1. The summed E-state index contributed by atoms with van der Waals surface area (Å²) in [5.74, 6) is -1.28. The van der Waals surface area contributed by atoms with Crippen molar-refractivity contribution in [2.45, 2.75) is 6.92 Å². The molecule has 2 rings (SSSR count). The highest BCUT2D eigenvalue weighted by Crippen LogP contribution is 2.23. The van der Waals surface area contributed by atoms with E-state index in [1.54, 1.807) is 19.1 Å². The first-order valence-electron chi connectivity index (χ1n) is 5.41. The molecule has 0 aliphatic heterocycles. The van der Waals surface area contributed by atoms with Gasteiger partial charge in [0.25, 0.3) is 5.56 Å². The van der Waals surface area contributed by atoms with Crippen LogP contribution in [0.1, 0.15) is 17.3 Å². The standard InChI is InChI=1S/C12H12N2O4/c1-3-18-12(17)8-10(15)9-7(5-4-6-13-9)14(2)11(8)16/h4-6,15H,3H2,1-2H3. The Hall–Kier alpha value is -2.37. The van der Waals surface area contributed by atoms with Gasteiger partial charge in [-0.25, -0.2) is 4.79 Å². The Bertz CT molecular complexity index is 676. The number of hydrogen-bond donors (Lipinski definition) is 1. The van der Waals surface area contributed by atoms with E-state index >= 15 is 0 Å². The average Bonchev–Trinajstić information content (AvgIpc) is 2.37. The molecule has 0 amide bonds. The van der Waals surface area contributed by atoms with Gasteiger partial charge < -0.3 is 14.4 Å². The molecule has 6 nitrogen and oxygen atoms in total. The lowest BCUT2D eigenvalue weighted by atomic mass is 10.2. The zero-order valence-corrected chi connectivity index (χ0v) is 10.0. The number of esters is 1. The molecule has 0 spiro atoms. The van der Waals surface area contributed by atoms with Crippen molar-refractivity contribution in [1.29, 1.82) is 0 Å². The number of aryl methyl sites for hydroxylation is 1. The summed E-state index contributed by atoms with van der Waals surface area (Å²) in [4.78, 5) is 27.6.